The standard InChI is InChI=1S/C23H18N2O2/c1-2-21(26)16-12-14-18(15-13-16)27-23-20-11-7-6-10-19(20)22(24-25-23)17-8-4-3-5-9-17/h3-15H,2H2,1H3. The smallest absolute Gasteiger partial charge is 0.246 e. The maximum atomic E-state index is 11.8. The molecule has 0 atom stereocenters. The highest BCUT2D eigenvalue weighted by Crippen LogP contribution is 2.32. The molecule has 4 rings (SSSR count). The molecule has 0 amide bonds. The molecule has 0 radical (unpaired) electrons. The molecule has 132 valence electrons. The maximum absolute atomic E-state index is 11.8. The minimum Gasteiger partial charge on any atom is -0.437 e. The van der Waals surface area contributed by atoms with Crippen LogP contribution in [0, 0.1) is 0 Å². The Morgan fingerprint density at radius 2 is 1.48 bits per heavy atom. The highest BCUT2D eigenvalue weighted by Gasteiger charge is 2.12. The largest absolute Gasteiger partial charge is 0.437 e. The molecule has 0 N–H and O–H groups in total. The Morgan fingerprint density at radius 1 is 0.815 bits per heavy atom. The Balaban J connectivity index is 1.72. The summed E-state index contributed by atoms with van der Waals surface area (Å²) in [4.78, 5) is 11.8. The van der Waals surface area contributed by atoms with E-state index in [2.05, 4.69) is 10.2 Å². The molecule has 0 fully saturated rings. The molecule has 3 aromatic carbocycles. The van der Waals surface area contributed by atoms with Gasteiger partial charge in [0, 0.05) is 28.3 Å². The van der Waals surface area contributed by atoms with Crippen molar-refractivity contribution in [3.63, 3.8) is 0 Å². The molecule has 27 heavy (non-hydrogen) atoms. The lowest BCUT2D eigenvalue weighted by Gasteiger charge is -2.10. The van der Waals surface area contributed by atoms with Gasteiger partial charge in [0.05, 0.1) is 0 Å². The molecule has 4 nitrogen and oxygen atoms in total. The van der Waals surface area contributed by atoms with Gasteiger partial charge in [-0.3, -0.25) is 4.79 Å². The maximum Gasteiger partial charge on any atom is 0.246 e. The van der Waals surface area contributed by atoms with Gasteiger partial charge < -0.3 is 4.74 Å². The minimum absolute atomic E-state index is 0.110. The normalized spacial score (nSPS) is 10.7. The van der Waals surface area contributed by atoms with Crippen LogP contribution in [0.1, 0.15) is 23.7 Å². The van der Waals surface area contributed by atoms with E-state index in [1.165, 1.54) is 0 Å². The van der Waals surface area contributed by atoms with Crippen LogP contribution in [0.15, 0.2) is 78.9 Å². The average Bonchev–Trinajstić information content (AvgIpc) is 2.74. The first-order chi connectivity index (χ1) is 13.3. The highest BCUT2D eigenvalue weighted by atomic mass is 16.5. The first-order valence-corrected chi connectivity index (χ1v) is 8.88. The number of ketones is 1. The Morgan fingerprint density at radius 3 is 2.19 bits per heavy atom. The number of carbonyl (C=O) groups is 1. The van der Waals surface area contributed by atoms with Crippen molar-refractivity contribution in [2.24, 2.45) is 0 Å². The number of ether oxygens (including phenoxy) is 1. The summed E-state index contributed by atoms with van der Waals surface area (Å²) in [6.07, 6.45) is 0.483. The van der Waals surface area contributed by atoms with Crippen molar-refractivity contribution in [3.05, 3.63) is 84.4 Å². The van der Waals surface area contributed by atoms with Gasteiger partial charge in [0.15, 0.2) is 5.78 Å². The summed E-state index contributed by atoms with van der Waals surface area (Å²) in [5.74, 6) is 1.17. The Hall–Kier alpha value is -3.53. The Bertz CT molecular complexity index is 1090. The second kappa shape index (κ2) is 7.38. The highest BCUT2D eigenvalue weighted by molar-refractivity contribution is 5.97. The van der Waals surface area contributed by atoms with Crippen molar-refractivity contribution >= 4 is 16.6 Å². The summed E-state index contributed by atoms with van der Waals surface area (Å²) in [7, 11) is 0. The van der Waals surface area contributed by atoms with E-state index in [0.717, 1.165) is 22.0 Å². The van der Waals surface area contributed by atoms with Gasteiger partial charge in [0.2, 0.25) is 5.88 Å². The van der Waals surface area contributed by atoms with Crippen molar-refractivity contribution in [3.8, 4) is 22.9 Å². The Labute approximate surface area is 157 Å². The van der Waals surface area contributed by atoms with Crippen molar-refractivity contribution in [1.29, 1.82) is 0 Å². The van der Waals surface area contributed by atoms with Crippen LogP contribution >= 0.6 is 0 Å². The van der Waals surface area contributed by atoms with E-state index in [0.29, 0.717) is 23.6 Å². The molecule has 4 aromatic rings. The van der Waals surface area contributed by atoms with E-state index in [-0.39, 0.29) is 5.78 Å². The quantitative estimate of drug-likeness (QED) is 0.433. The number of nitrogens with zero attached hydrogens (tertiary/aromatic N) is 2. The van der Waals surface area contributed by atoms with E-state index < -0.39 is 0 Å². The topological polar surface area (TPSA) is 52.1 Å². The second-order valence-electron chi connectivity index (χ2n) is 6.17. The number of hydrogen-bond donors (Lipinski definition) is 0. The van der Waals surface area contributed by atoms with Crippen LogP contribution in [0.5, 0.6) is 11.6 Å². The van der Waals surface area contributed by atoms with Gasteiger partial charge in [-0.1, -0.05) is 55.5 Å². The fourth-order valence-electron chi connectivity index (χ4n) is 2.99. The average molecular weight is 354 g/mol. The zero-order valence-corrected chi connectivity index (χ0v) is 14.9. The fourth-order valence-corrected chi connectivity index (χ4v) is 2.99. The molecule has 0 saturated heterocycles. The van der Waals surface area contributed by atoms with Crippen molar-refractivity contribution in [2.45, 2.75) is 13.3 Å². The molecule has 0 saturated carbocycles. The molecule has 1 aromatic heterocycles. The van der Waals surface area contributed by atoms with E-state index in [4.69, 9.17) is 4.74 Å². The summed E-state index contributed by atoms with van der Waals surface area (Å²) in [5, 5.41) is 10.6. The van der Waals surface area contributed by atoms with Gasteiger partial charge in [0.25, 0.3) is 0 Å². The molecule has 0 bridgehead atoms. The number of aromatic nitrogens is 2. The van der Waals surface area contributed by atoms with Crippen molar-refractivity contribution in [2.75, 3.05) is 0 Å². The predicted molar refractivity (Wildman–Crippen MR) is 106 cm³/mol. The zero-order valence-electron chi connectivity index (χ0n) is 14.9. The van der Waals surface area contributed by atoms with E-state index >= 15 is 0 Å². The van der Waals surface area contributed by atoms with Gasteiger partial charge in [-0.05, 0) is 30.3 Å². The molecular formula is C23H18N2O2. The number of benzene rings is 3. The summed E-state index contributed by atoms with van der Waals surface area (Å²) in [6, 6.07) is 25.0. The van der Waals surface area contributed by atoms with E-state index in [1.54, 1.807) is 24.3 Å². The number of Topliss-reactive ketones (excluding diaryl/α,β-unsaturated/α-hetero) is 1. The summed E-state index contributed by atoms with van der Waals surface area (Å²) >= 11 is 0. The molecule has 0 aliphatic heterocycles. The van der Waals surface area contributed by atoms with Crippen LogP contribution in [-0.4, -0.2) is 16.0 Å². The predicted octanol–water partition coefficient (Wildman–Crippen LogP) is 5.68. The number of carbonyl (C=O) groups excluding carboxylic acids is 1. The number of hydrogen-bond acceptors (Lipinski definition) is 4. The minimum atomic E-state index is 0.110. The second-order valence-corrected chi connectivity index (χ2v) is 6.17. The first kappa shape index (κ1) is 16.9. The van der Waals surface area contributed by atoms with Gasteiger partial charge in [0.1, 0.15) is 11.4 Å². The monoisotopic (exact) mass is 354 g/mol. The molecule has 0 unspecified atom stereocenters. The summed E-state index contributed by atoms with van der Waals surface area (Å²) in [5.41, 5.74) is 2.51. The fraction of sp³-hybridized carbons (Fsp3) is 0.0870. The molecule has 0 spiro atoms. The molecule has 0 aliphatic rings. The van der Waals surface area contributed by atoms with Gasteiger partial charge in [-0.25, -0.2) is 0 Å². The van der Waals surface area contributed by atoms with E-state index in [9.17, 15) is 4.79 Å². The number of rotatable bonds is 5. The Kier molecular flexibility index (Phi) is 4.62. The molecule has 1 heterocycles. The van der Waals surface area contributed by atoms with Crippen LogP contribution in [-0.2, 0) is 0 Å². The summed E-state index contributed by atoms with van der Waals surface area (Å²) in [6.45, 7) is 1.85. The molecule has 0 aliphatic carbocycles. The van der Waals surface area contributed by atoms with Crippen molar-refractivity contribution < 1.29 is 9.53 Å². The van der Waals surface area contributed by atoms with Crippen LogP contribution in [0.4, 0.5) is 0 Å². The lowest BCUT2D eigenvalue weighted by molar-refractivity contribution is 0.0988. The van der Waals surface area contributed by atoms with E-state index in [1.807, 2.05) is 61.5 Å². The lowest BCUT2D eigenvalue weighted by atomic mass is 10.1. The SMILES string of the molecule is CCC(=O)c1ccc(Oc2nnc(-c3ccccc3)c3ccccc23)cc1. The third-order valence-corrected chi connectivity index (χ3v) is 4.41. The van der Waals surface area contributed by atoms with Crippen LogP contribution in [0.2, 0.25) is 0 Å². The number of fused-ring (bicyclic) bond motifs is 1. The van der Waals surface area contributed by atoms with Crippen LogP contribution < -0.4 is 4.74 Å². The zero-order chi connectivity index (χ0) is 18.6. The third-order valence-electron chi connectivity index (χ3n) is 4.41. The van der Waals surface area contributed by atoms with Gasteiger partial charge in [-0.15, -0.1) is 10.2 Å². The third kappa shape index (κ3) is 3.42. The lowest BCUT2D eigenvalue weighted by Crippen LogP contribution is -1.97. The van der Waals surface area contributed by atoms with Gasteiger partial charge >= 0.3 is 0 Å². The molecular weight excluding hydrogens is 336 g/mol. The van der Waals surface area contributed by atoms with Crippen molar-refractivity contribution in [1.82, 2.24) is 10.2 Å². The van der Waals surface area contributed by atoms with Gasteiger partial charge in [-0.2, -0.15) is 0 Å². The summed E-state index contributed by atoms with van der Waals surface area (Å²) < 4.78 is 5.97. The first-order valence-electron chi connectivity index (χ1n) is 8.88. The molecule has 4 heteroatoms. The van der Waals surface area contributed by atoms with Crippen LogP contribution in [0.3, 0.4) is 0 Å². The van der Waals surface area contributed by atoms with Crippen LogP contribution in [0.25, 0.3) is 22.0 Å².